The van der Waals surface area contributed by atoms with Gasteiger partial charge in [0.1, 0.15) is 0 Å². The molecule has 1 atom stereocenters. The van der Waals surface area contributed by atoms with Gasteiger partial charge in [0, 0.05) is 4.83 Å². The van der Waals surface area contributed by atoms with Crippen molar-refractivity contribution >= 4 is 22.0 Å². The normalized spacial score (nSPS) is 14.3. The molecule has 0 aliphatic heterocycles. The highest BCUT2D eigenvalue weighted by Gasteiger charge is 1.99. The topological polar surface area (TPSA) is 0 Å². The van der Waals surface area contributed by atoms with Gasteiger partial charge in [0.05, 0.1) is 0 Å². The van der Waals surface area contributed by atoms with Crippen LogP contribution in [0.3, 0.4) is 0 Å². The van der Waals surface area contributed by atoms with Crippen molar-refractivity contribution < 1.29 is 0 Å². The second-order valence-electron chi connectivity index (χ2n) is 3.36. The molecule has 1 rings (SSSR count). The first kappa shape index (κ1) is 10.5. The number of allylic oxidation sites excluding steroid dienone is 1. The molecule has 0 amide bonds. The van der Waals surface area contributed by atoms with Crippen molar-refractivity contribution in [1.82, 2.24) is 0 Å². The first-order valence-corrected chi connectivity index (χ1v) is 5.40. The highest BCUT2D eigenvalue weighted by atomic mass is 79.9. The van der Waals surface area contributed by atoms with Crippen LogP contribution in [-0.2, 0) is 0 Å². The van der Waals surface area contributed by atoms with Gasteiger partial charge in [0.2, 0.25) is 0 Å². The number of alkyl halides is 1. The number of benzene rings is 1. The first-order valence-electron chi connectivity index (χ1n) is 4.49. The Morgan fingerprint density at radius 3 is 2.54 bits per heavy atom. The number of hydrogen-bond acceptors (Lipinski definition) is 0. The predicted molar refractivity (Wildman–Crippen MR) is 63.2 cm³/mol. The largest absolute Gasteiger partial charge is 0.0845 e. The van der Waals surface area contributed by atoms with Gasteiger partial charge in [-0.25, -0.2) is 0 Å². The highest BCUT2D eigenvalue weighted by molar-refractivity contribution is 9.09. The Hall–Kier alpha value is -0.560. The van der Waals surface area contributed by atoms with Gasteiger partial charge in [0.15, 0.2) is 0 Å². The lowest BCUT2D eigenvalue weighted by molar-refractivity contribution is 1.15. The molecule has 1 aromatic rings. The Kier molecular flexibility index (Phi) is 3.73. The number of rotatable bonds is 2. The van der Waals surface area contributed by atoms with Crippen LogP contribution in [0.4, 0.5) is 0 Å². The molecule has 0 heterocycles. The maximum atomic E-state index is 3.55. The maximum absolute atomic E-state index is 3.55. The minimum absolute atomic E-state index is 0.451. The highest BCUT2D eigenvalue weighted by Crippen LogP contribution is 2.17. The third-order valence-electron chi connectivity index (χ3n) is 2.20. The second-order valence-corrected chi connectivity index (χ2v) is 4.73. The van der Waals surface area contributed by atoms with E-state index < -0.39 is 0 Å². The Bertz CT molecular complexity index is 311. The Morgan fingerprint density at radius 2 is 2.00 bits per heavy atom. The number of hydrogen-bond donors (Lipinski definition) is 0. The van der Waals surface area contributed by atoms with Crippen LogP contribution in [0.1, 0.15) is 25.0 Å². The van der Waals surface area contributed by atoms with Crippen LogP contribution in [0.2, 0.25) is 0 Å². The Morgan fingerprint density at radius 1 is 1.38 bits per heavy atom. The maximum Gasteiger partial charge on any atom is 0.0326 e. The quantitative estimate of drug-likeness (QED) is 0.679. The zero-order chi connectivity index (χ0) is 9.84. The van der Waals surface area contributed by atoms with E-state index in [1.54, 1.807) is 0 Å². The van der Waals surface area contributed by atoms with Gasteiger partial charge in [-0.1, -0.05) is 51.8 Å². The average molecular weight is 239 g/mol. The van der Waals surface area contributed by atoms with Crippen molar-refractivity contribution in [3.63, 3.8) is 0 Å². The minimum atomic E-state index is 0.451. The predicted octanol–water partition coefficient (Wildman–Crippen LogP) is 4.18. The fraction of sp³-hybridized carbons (Fsp3) is 0.333. The van der Waals surface area contributed by atoms with Gasteiger partial charge < -0.3 is 0 Å². The zero-order valence-electron chi connectivity index (χ0n) is 8.34. The molecule has 1 unspecified atom stereocenters. The van der Waals surface area contributed by atoms with E-state index in [0.29, 0.717) is 4.83 Å². The molecule has 0 N–H and O–H groups in total. The smallest absolute Gasteiger partial charge is 0.0326 e. The molecular weight excluding hydrogens is 224 g/mol. The van der Waals surface area contributed by atoms with Crippen molar-refractivity contribution in [2.75, 3.05) is 0 Å². The van der Waals surface area contributed by atoms with Gasteiger partial charge in [-0.3, -0.25) is 0 Å². The van der Waals surface area contributed by atoms with E-state index in [1.165, 1.54) is 16.7 Å². The first-order chi connectivity index (χ1) is 6.11. The van der Waals surface area contributed by atoms with Crippen LogP contribution < -0.4 is 0 Å². The summed E-state index contributed by atoms with van der Waals surface area (Å²) >= 11 is 3.55. The van der Waals surface area contributed by atoms with Gasteiger partial charge in [-0.05, 0) is 31.9 Å². The second kappa shape index (κ2) is 4.61. The van der Waals surface area contributed by atoms with Crippen LogP contribution >= 0.6 is 15.9 Å². The average Bonchev–Trinajstić information content (AvgIpc) is 2.08. The van der Waals surface area contributed by atoms with E-state index in [0.717, 1.165) is 0 Å². The van der Waals surface area contributed by atoms with Gasteiger partial charge in [-0.15, -0.1) is 0 Å². The van der Waals surface area contributed by atoms with E-state index in [1.807, 2.05) is 0 Å². The summed E-state index contributed by atoms with van der Waals surface area (Å²) in [5.74, 6) is 0. The Labute approximate surface area is 88.8 Å². The monoisotopic (exact) mass is 238 g/mol. The summed E-state index contributed by atoms with van der Waals surface area (Å²) < 4.78 is 0. The molecule has 0 fully saturated rings. The van der Waals surface area contributed by atoms with E-state index in [9.17, 15) is 0 Å². The number of aryl methyl sites for hydroxylation is 1. The van der Waals surface area contributed by atoms with Gasteiger partial charge >= 0.3 is 0 Å². The fourth-order valence-corrected chi connectivity index (χ4v) is 1.24. The zero-order valence-corrected chi connectivity index (χ0v) is 9.93. The summed E-state index contributed by atoms with van der Waals surface area (Å²) in [6, 6.07) is 8.43. The summed E-state index contributed by atoms with van der Waals surface area (Å²) in [5, 5.41) is 0. The van der Waals surface area contributed by atoms with Crippen LogP contribution in [0.15, 0.2) is 29.8 Å². The standard InChI is InChI=1S/C12H15Br/c1-9-6-4-5-7-12(9)8-10(2)11(3)13/h4-8,11H,1-3H3/b10-8+. The van der Waals surface area contributed by atoms with Crippen molar-refractivity contribution in [3.05, 3.63) is 41.0 Å². The fourth-order valence-electron chi connectivity index (χ4n) is 1.11. The molecule has 0 aromatic heterocycles. The van der Waals surface area contributed by atoms with Crippen LogP contribution in [-0.4, -0.2) is 4.83 Å². The molecule has 0 saturated heterocycles. The van der Waals surface area contributed by atoms with Crippen molar-refractivity contribution in [2.24, 2.45) is 0 Å². The molecule has 1 aromatic carbocycles. The Balaban J connectivity index is 2.97. The molecular formula is C12H15Br. The molecule has 0 bridgehead atoms. The molecule has 0 spiro atoms. The lowest BCUT2D eigenvalue weighted by Gasteiger charge is -2.05. The summed E-state index contributed by atoms with van der Waals surface area (Å²) in [6.45, 7) is 6.42. The van der Waals surface area contributed by atoms with E-state index >= 15 is 0 Å². The molecule has 1 heteroatoms. The third kappa shape index (κ3) is 3.00. The van der Waals surface area contributed by atoms with Crippen molar-refractivity contribution in [2.45, 2.75) is 25.6 Å². The molecule has 0 aliphatic rings. The minimum Gasteiger partial charge on any atom is -0.0845 e. The summed E-state index contributed by atoms with van der Waals surface area (Å²) in [7, 11) is 0. The van der Waals surface area contributed by atoms with Crippen LogP contribution in [0.5, 0.6) is 0 Å². The SMILES string of the molecule is C/C(=C\c1ccccc1C)C(C)Br. The molecule has 0 saturated carbocycles. The number of halogens is 1. The lowest BCUT2D eigenvalue weighted by atomic mass is 10.1. The molecule has 70 valence electrons. The van der Waals surface area contributed by atoms with E-state index in [2.05, 4.69) is 67.0 Å². The van der Waals surface area contributed by atoms with E-state index in [-0.39, 0.29) is 0 Å². The summed E-state index contributed by atoms with van der Waals surface area (Å²) in [4.78, 5) is 0.451. The summed E-state index contributed by atoms with van der Waals surface area (Å²) in [6.07, 6.45) is 2.23. The van der Waals surface area contributed by atoms with Crippen molar-refractivity contribution in [1.29, 1.82) is 0 Å². The van der Waals surface area contributed by atoms with Gasteiger partial charge in [-0.2, -0.15) is 0 Å². The van der Waals surface area contributed by atoms with Crippen LogP contribution in [0.25, 0.3) is 6.08 Å². The van der Waals surface area contributed by atoms with E-state index in [4.69, 9.17) is 0 Å². The van der Waals surface area contributed by atoms with Crippen molar-refractivity contribution in [3.8, 4) is 0 Å². The molecule has 13 heavy (non-hydrogen) atoms. The summed E-state index contributed by atoms with van der Waals surface area (Å²) in [5.41, 5.74) is 4.00. The van der Waals surface area contributed by atoms with Gasteiger partial charge in [0.25, 0.3) is 0 Å². The lowest BCUT2D eigenvalue weighted by Crippen LogP contribution is -1.91. The molecule has 0 nitrogen and oxygen atoms in total. The third-order valence-corrected chi connectivity index (χ3v) is 2.92. The molecule has 0 aliphatic carbocycles. The van der Waals surface area contributed by atoms with Crippen LogP contribution in [0, 0.1) is 6.92 Å². The molecule has 0 radical (unpaired) electrons.